The molecule has 11 heteroatoms. The van der Waals surface area contributed by atoms with E-state index in [0.29, 0.717) is 40.5 Å². The van der Waals surface area contributed by atoms with E-state index in [1.807, 2.05) is 18.2 Å². The van der Waals surface area contributed by atoms with Crippen LogP contribution in [0.5, 0.6) is 5.75 Å². The van der Waals surface area contributed by atoms with E-state index in [4.69, 9.17) is 26.8 Å². The lowest BCUT2D eigenvalue weighted by Gasteiger charge is -2.35. The third kappa shape index (κ3) is 7.08. The maximum absolute atomic E-state index is 12.2. The van der Waals surface area contributed by atoms with E-state index in [9.17, 15) is 9.59 Å². The van der Waals surface area contributed by atoms with Crippen LogP contribution in [-0.4, -0.2) is 65.5 Å². The first-order chi connectivity index (χ1) is 14.8. The van der Waals surface area contributed by atoms with Crippen molar-refractivity contribution >= 4 is 46.7 Å². The van der Waals surface area contributed by atoms with Gasteiger partial charge in [-0.05, 0) is 17.7 Å². The molecule has 0 radical (unpaired) electrons. The third-order valence-electron chi connectivity index (χ3n) is 4.64. The van der Waals surface area contributed by atoms with Crippen molar-refractivity contribution in [3.05, 3.63) is 39.9 Å². The Morgan fingerprint density at radius 2 is 2.29 bits per heavy atom. The van der Waals surface area contributed by atoms with E-state index >= 15 is 0 Å². The van der Waals surface area contributed by atoms with Crippen molar-refractivity contribution in [1.29, 1.82) is 0 Å². The van der Waals surface area contributed by atoms with E-state index in [0.717, 1.165) is 18.7 Å². The lowest BCUT2D eigenvalue weighted by Crippen LogP contribution is -2.46. The third-order valence-corrected chi connectivity index (χ3v) is 7.00. The van der Waals surface area contributed by atoms with Crippen LogP contribution >= 0.6 is 34.9 Å². The maximum Gasteiger partial charge on any atom is 0.229 e. The van der Waals surface area contributed by atoms with Crippen molar-refractivity contribution < 1.29 is 19.1 Å². The highest BCUT2D eigenvalue weighted by Crippen LogP contribution is 2.28. The first kappa shape index (κ1) is 23.8. The monoisotopic (exact) mass is 484 g/mol. The standard InChI is InChI=1S/C20H25ClN4O4S2/c1-13(26)25(31-20-23-15(12-30-20)8-19(22)27)11-16-10-24(5-6-29-16)9-14-3-4-18(28-2)17(21)7-14/h3-4,7,12,16H,5-6,8-11H2,1-2H3,(H2,22,27)/t16-/m0/s1. The smallest absolute Gasteiger partial charge is 0.229 e. The SMILES string of the molecule is COc1ccc(CN2CCO[C@H](CN(Sc3nc(CC(N)=O)cs3)C(C)=O)C2)cc1Cl. The molecule has 1 fully saturated rings. The Bertz CT molecular complexity index is 926. The summed E-state index contributed by atoms with van der Waals surface area (Å²) in [4.78, 5) is 29.9. The summed E-state index contributed by atoms with van der Waals surface area (Å²) in [5, 5.41) is 2.37. The number of nitrogens with zero attached hydrogens (tertiary/aromatic N) is 3. The second-order valence-corrected chi connectivity index (χ2v) is 9.65. The van der Waals surface area contributed by atoms with Gasteiger partial charge in [-0.3, -0.25) is 18.8 Å². The van der Waals surface area contributed by atoms with Crippen molar-refractivity contribution in [3.8, 4) is 5.75 Å². The summed E-state index contributed by atoms with van der Waals surface area (Å²) in [6, 6.07) is 5.78. The van der Waals surface area contributed by atoms with Crippen LogP contribution in [0.4, 0.5) is 0 Å². The fourth-order valence-corrected chi connectivity index (χ4v) is 5.33. The van der Waals surface area contributed by atoms with Crippen LogP contribution in [0.25, 0.3) is 0 Å². The molecule has 1 atom stereocenters. The van der Waals surface area contributed by atoms with Gasteiger partial charge in [-0.2, -0.15) is 0 Å². The summed E-state index contributed by atoms with van der Waals surface area (Å²) in [5.41, 5.74) is 6.92. The molecule has 2 heterocycles. The van der Waals surface area contributed by atoms with Crippen LogP contribution in [0.3, 0.4) is 0 Å². The second kappa shape index (κ2) is 11.1. The zero-order valence-electron chi connectivity index (χ0n) is 17.4. The first-order valence-corrected chi connectivity index (χ1v) is 11.7. The van der Waals surface area contributed by atoms with E-state index in [2.05, 4.69) is 9.88 Å². The van der Waals surface area contributed by atoms with Gasteiger partial charge in [-0.15, -0.1) is 11.3 Å². The molecule has 0 spiro atoms. The maximum atomic E-state index is 12.2. The Balaban J connectivity index is 1.58. The minimum atomic E-state index is -0.431. The van der Waals surface area contributed by atoms with Crippen LogP contribution in [-0.2, 0) is 27.3 Å². The molecule has 2 aromatic rings. The van der Waals surface area contributed by atoms with E-state index in [-0.39, 0.29) is 18.4 Å². The molecule has 2 amide bonds. The van der Waals surface area contributed by atoms with Gasteiger partial charge in [0.05, 0.1) is 43.5 Å². The number of rotatable bonds is 9. The van der Waals surface area contributed by atoms with Gasteiger partial charge in [-0.25, -0.2) is 4.98 Å². The molecule has 0 saturated carbocycles. The van der Waals surface area contributed by atoms with E-state index in [1.165, 1.54) is 30.2 Å². The van der Waals surface area contributed by atoms with Crippen LogP contribution in [0.15, 0.2) is 27.9 Å². The number of thiazole rings is 1. The number of morpholine rings is 1. The molecular formula is C20H25ClN4O4S2. The summed E-state index contributed by atoms with van der Waals surface area (Å²) in [6.45, 7) is 4.77. The lowest BCUT2D eigenvalue weighted by atomic mass is 10.1. The van der Waals surface area contributed by atoms with Crippen molar-refractivity contribution in [2.45, 2.75) is 30.3 Å². The first-order valence-electron chi connectivity index (χ1n) is 9.69. The van der Waals surface area contributed by atoms with Crippen LogP contribution in [0.2, 0.25) is 5.02 Å². The second-order valence-electron chi connectivity index (χ2n) is 7.12. The van der Waals surface area contributed by atoms with Gasteiger partial charge in [-0.1, -0.05) is 17.7 Å². The molecule has 8 nitrogen and oxygen atoms in total. The van der Waals surface area contributed by atoms with Gasteiger partial charge in [0.15, 0.2) is 4.34 Å². The molecule has 0 bridgehead atoms. The van der Waals surface area contributed by atoms with Crippen molar-refractivity contribution in [1.82, 2.24) is 14.2 Å². The molecule has 168 valence electrons. The Kier molecular flexibility index (Phi) is 8.56. The Hall–Kier alpha value is -1.85. The number of benzene rings is 1. The highest BCUT2D eigenvalue weighted by atomic mass is 35.5. The van der Waals surface area contributed by atoms with Gasteiger partial charge in [0.2, 0.25) is 11.8 Å². The van der Waals surface area contributed by atoms with Gasteiger partial charge < -0.3 is 15.2 Å². The minimum Gasteiger partial charge on any atom is -0.495 e. The molecule has 1 aromatic carbocycles. The predicted octanol–water partition coefficient (Wildman–Crippen LogP) is 2.59. The molecule has 0 aliphatic carbocycles. The highest BCUT2D eigenvalue weighted by Gasteiger charge is 2.25. The number of aromatic nitrogens is 1. The predicted molar refractivity (Wildman–Crippen MR) is 121 cm³/mol. The summed E-state index contributed by atoms with van der Waals surface area (Å²) in [6.07, 6.45) is -0.0309. The number of halogens is 1. The molecule has 1 saturated heterocycles. The number of amides is 2. The van der Waals surface area contributed by atoms with Crippen LogP contribution in [0, 0.1) is 0 Å². The van der Waals surface area contributed by atoms with E-state index in [1.54, 1.807) is 16.8 Å². The van der Waals surface area contributed by atoms with E-state index < -0.39 is 5.91 Å². The number of primary amides is 1. The zero-order valence-corrected chi connectivity index (χ0v) is 19.8. The Morgan fingerprint density at radius 3 is 2.97 bits per heavy atom. The molecule has 1 aromatic heterocycles. The Labute approximate surface area is 194 Å². The quantitative estimate of drug-likeness (QED) is 0.546. The number of hydrogen-bond donors (Lipinski definition) is 1. The lowest BCUT2D eigenvalue weighted by molar-refractivity contribution is -0.126. The topological polar surface area (TPSA) is 98.0 Å². The summed E-state index contributed by atoms with van der Waals surface area (Å²) in [5.74, 6) is 0.138. The number of hydrogen-bond acceptors (Lipinski definition) is 8. The molecule has 31 heavy (non-hydrogen) atoms. The summed E-state index contributed by atoms with van der Waals surface area (Å²) >= 11 is 8.88. The Morgan fingerprint density at radius 1 is 1.48 bits per heavy atom. The number of carbonyl (C=O) groups excluding carboxylic acids is 2. The normalized spacial score (nSPS) is 16.8. The van der Waals surface area contributed by atoms with Gasteiger partial charge >= 0.3 is 0 Å². The van der Waals surface area contributed by atoms with Crippen molar-refractivity contribution in [3.63, 3.8) is 0 Å². The zero-order chi connectivity index (χ0) is 22.4. The fourth-order valence-electron chi connectivity index (χ4n) is 3.20. The largest absolute Gasteiger partial charge is 0.495 e. The number of ether oxygens (including phenoxy) is 2. The van der Waals surface area contributed by atoms with Crippen molar-refractivity contribution in [2.24, 2.45) is 5.73 Å². The molecule has 2 N–H and O–H groups in total. The van der Waals surface area contributed by atoms with Gasteiger partial charge in [0.25, 0.3) is 0 Å². The molecule has 3 rings (SSSR count). The molecule has 1 aliphatic heterocycles. The average molecular weight is 485 g/mol. The minimum absolute atomic E-state index is 0.0840. The summed E-state index contributed by atoms with van der Waals surface area (Å²) < 4.78 is 13.5. The van der Waals surface area contributed by atoms with Gasteiger partial charge in [0.1, 0.15) is 5.75 Å². The van der Waals surface area contributed by atoms with Crippen molar-refractivity contribution in [2.75, 3.05) is 33.4 Å². The average Bonchev–Trinajstić information content (AvgIpc) is 3.14. The molecule has 0 unspecified atom stereocenters. The number of nitrogens with two attached hydrogens (primary N) is 1. The van der Waals surface area contributed by atoms with Crippen LogP contribution in [0.1, 0.15) is 18.2 Å². The number of carbonyl (C=O) groups is 2. The van der Waals surface area contributed by atoms with Crippen LogP contribution < -0.4 is 10.5 Å². The van der Waals surface area contributed by atoms with Gasteiger partial charge in [0, 0.05) is 43.9 Å². The summed E-state index contributed by atoms with van der Waals surface area (Å²) in [7, 11) is 1.59. The number of methoxy groups -OCH3 is 1. The fraction of sp³-hybridized carbons (Fsp3) is 0.450. The molecular weight excluding hydrogens is 460 g/mol. The molecule has 1 aliphatic rings. The highest BCUT2D eigenvalue weighted by molar-refractivity contribution is 7.99.